The molecule has 0 saturated carbocycles. The highest BCUT2D eigenvalue weighted by molar-refractivity contribution is 6.02. The first-order chi connectivity index (χ1) is 14.7. The summed E-state index contributed by atoms with van der Waals surface area (Å²) in [7, 11) is 1.31. The second-order valence-electron chi connectivity index (χ2n) is 7.18. The highest BCUT2D eigenvalue weighted by atomic mass is 19.3. The number of carbonyl (C=O) groups excluding carboxylic acids is 1. The minimum Gasteiger partial charge on any atom is -0.488 e. The van der Waals surface area contributed by atoms with Gasteiger partial charge in [0.25, 0.3) is 0 Å². The van der Waals surface area contributed by atoms with Crippen LogP contribution in [0, 0.1) is 0 Å². The van der Waals surface area contributed by atoms with Crippen LogP contribution in [0.2, 0.25) is 0 Å². The number of aromatic nitrogens is 4. The molecule has 0 saturated heterocycles. The summed E-state index contributed by atoms with van der Waals surface area (Å²) in [6.07, 6.45) is 2.60. The van der Waals surface area contributed by atoms with Gasteiger partial charge in [0.1, 0.15) is 12.9 Å². The average Bonchev–Trinajstić information content (AvgIpc) is 3.20. The van der Waals surface area contributed by atoms with Crippen LogP contribution in [0.1, 0.15) is 18.3 Å². The van der Waals surface area contributed by atoms with Gasteiger partial charge in [-0.15, -0.1) is 10.2 Å². The van der Waals surface area contributed by atoms with E-state index in [1.54, 1.807) is 12.1 Å². The number of fused-ring (bicyclic) bond motifs is 1. The Hall–Kier alpha value is -3.63. The van der Waals surface area contributed by atoms with Crippen molar-refractivity contribution in [2.45, 2.75) is 18.5 Å². The smallest absolute Gasteiger partial charge is 0.343 e. The van der Waals surface area contributed by atoms with Crippen LogP contribution in [0.25, 0.3) is 0 Å². The number of hydrogen-bond acceptors (Lipinski definition) is 5. The zero-order valence-corrected chi connectivity index (χ0v) is 16.7. The lowest BCUT2D eigenvalue weighted by Gasteiger charge is -2.30. The van der Waals surface area contributed by atoms with E-state index >= 15 is 4.39 Å². The van der Waals surface area contributed by atoms with E-state index in [0.717, 1.165) is 17.8 Å². The van der Waals surface area contributed by atoms with Crippen molar-refractivity contribution < 1.29 is 22.7 Å². The Morgan fingerprint density at radius 1 is 1.23 bits per heavy atom. The second kappa shape index (κ2) is 7.56. The molecular weight excluding hydrogens is 413 g/mol. The van der Waals surface area contributed by atoms with Crippen molar-refractivity contribution in [2.75, 3.05) is 23.4 Å². The van der Waals surface area contributed by atoms with Gasteiger partial charge in [0, 0.05) is 18.9 Å². The van der Waals surface area contributed by atoms with Crippen LogP contribution >= 0.6 is 0 Å². The number of urea groups is 1. The SMILES string of the molecule is Cn1cnnc1C(F)(F)[C@](C)(F)c1cccc(NC(=O)N2CCOc3cccnc32)c1. The van der Waals surface area contributed by atoms with Gasteiger partial charge in [-0.25, -0.2) is 14.2 Å². The maximum Gasteiger partial charge on any atom is 0.343 e. The first-order valence-corrected chi connectivity index (χ1v) is 9.40. The number of halogens is 3. The molecule has 0 radical (unpaired) electrons. The quantitative estimate of drug-likeness (QED) is 0.681. The molecule has 1 aromatic carbocycles. The molecule has 11 heteroatoms. The van der Waals surface area contributed by atoms with Gasteiger partial charge < -0.3 is 14.6 Å². The predicted molar refractivity (Wildman–Crippen MR) is 106 cm³/mol. The number of rotatable bonds is 4. The Kier molecular flexibility index (Phi) is 5.03. The summed E-state index contributed by atoms with van der Waals surface area (Å²) < 4.78 is 51.8. The van der Waals surface area contributed by atoms with Crippen LogP contribution in [0.3, 0.4) is 0 Å². The monoisotopic (exact) mass is 432 g/mol. The summed E-state index contributed by atoms with van der Waals surface area (Å²) in [5.41, 5.74) is -3.27. The van der Waals surface area contributed by atoms with E-state index < -0.39 is 23.4 Å². The topological polar surface area (TPSA) is 85.2 Å². The molecule has 3 aromatic rings. The lowest BCUT2D eigenvalue weighted by atomic mass is 9.90. The molecule has 3 heterocycles. The number of nitrogens with one attached hydrogen (secondary N) is 1. The maximum absolute atomic E-state index is 15.4. The van der Waals surface area contributed by atoms with Gasteiger partial charge in [-0.1, -0.05) is 12.1 Å². The number of pyridine rings is 1. The van der Waals surface area contributed by atoms with Crippen LogP contribution in [0.4, 0.5) is 29.5 Å². The van der Waals surface area contributed by atoms with E-state index in [-0.39, 0.29) is 24.4 Å². The molecule has 0 bridgehead atoms. The Balaban J connectivity index is 1.59. The van der Waals surface area contributed by atoms with E-state index in [1.807, 2.05) is 0 Å². The lowest BCUT2D eigenvalue weighted by molar-refractivity contribution is -0.149. The average molecular weight is 432 g/mol. The Morgan fingerprint density at radius 2 is 2.03 bits per heavy atom. The van der Waals surface area contributed by atoms with E-state index in [9.17, 15) is 13.6 Å². The lowest BCUT2D eigenvalue weighted by Crippen LogP contribution is -2.41. The summed E-state index contributed by atoms with van der Waals surface area (Å²) in [6, 6.07) is 8.10. The van der Waals surface area contributed by atoms with Gasteiger partial charge in [0.2, 0.25) is 11.5 Å². The van der Waals surface area contributed by atoms with Crippen molar-refractivity contribution in [1.29, 1.82) is 0 Å². The minimum atomic E-state index is -3.96. The second-order valence-corrected chi connectivity index (χ2v) is 7.18. The number of alkyl halides is 3. The van der Waals surface area contributed by atoms with E-state index in [2.05, 4.69) is 20.5 Å². The van der Waals surface area contributed by atoms with Crippen molar-refractivity contribution in [3.05, 3.63) is 60.3 Å². The summed E-state index contributed by atoms with van der Waals surface area (Å²) in [5.74, 6) is -3.97. The van der Waals surface area contributed by atoms with Crippen molar-refractivity contribution in [2.24, 2.45) is 7.05 Å². The number of aryl methyl sites for hydroxylation is 1. The Bertz CT molecular complexity index is 1120. The third kappa shape index (κ3) is 3.56. The van der Waals surface area contributed by atoms with Gasteiger partial charge in [0.15, 0.2) is 11.6 Å². The zero-order valence-electron chi connectivity index (χ0n) is 16.7. The van der Waals surface area contributed by atoms with Gasteiger partial charge in [-0.3, -0.25) is 4.90 Å². The molecule has 2 amide bonds. The molecule has 8 nitrogen and oxygen atoms in total. The number of amides is 2. The molecule has 0 aliphatic carbocycles. The van der Waals surface area contributed by atoms with Crippen LogP contribution in [0.15, 0.2) is 48.9 Å². The van der Waals surface area contributed by atoms with Crippen LogP contribution < -0.4 is 15.0 Å². The van der Waals surface area contributed by atoms with Gasteiger partial charge in [-0.05, 0) is 36.8 Å². The fraction of sp³-hybridized carbons (Fsp3) is 0.300. The van der Waals surface area contributed by atoms with Crippen molar-refractivity contribution in [1.82, 2.24) is 19.7 Å². The fourth-order valence-corrected chi connectivity index (χ4v) is 3.29. The van der Waals surface area contributed by atoms with Gasteiger partial charge in [0.05, 0.1) is 6.54 Å². The molecule has 1 atom stereocenters. The molecule has 162 valence electrons. The van der Waals surface area contributed by atoms with Crippen LogP contribution in [-0.4, -0.2) is 38.9 Å². The number of anilines is 2. The molecule has 31 heavy (non-hydrogen) atoms. The maximum atomic E-state index is 15.4. The van der Waals surface area contributed by atoms with E-state index in [0.29, 0.717) is 11.6 Å². The first-order valence-electron chi connectivity index (χ1n) is 9.40. The Morgan fingerprint density at radius 3 is 2.77 bits per heavy atom. The number of nitrogens with zero attached hydrogens (tertiary/aromatic N) is 5. The number of hydrogen-bond donors (Lipinski definition) is 1. The molecule has 4 rings (SSSR count). The normalized spacial score (nSPS) is 15.6. The highest BCUT2D eigenvalue weighted by Gasteiger charge is 2.56. The summed E-state index contributed by atoms with van der Waals surface area (Å²) in [4.78, 5) is 18.3. The number of ether oxygens (including phenoxy) is 1. The zero-order chi connectivity index (χ0) is 22.2. The molecule has 1 aliphatic heterocycles. The molecule has 1 N–H and O–H groups in total. The molecule has 0 spiro atoms. The summed E-state index contributed by atoms with van der Waals surface area (Å²) >= 11 is 0. The van der Waals surface area contributed by atoms with Crippen molar-refractivity contribution >= 4 is 17.5 Å². The minimum absolute atomic E-state index is 0.157. The fourth-order valence-electron chi connectivity index (χ4n) is 3.29. The summed E-state index contributed by atoms with van der Waals surface area (Å²) in [5, 5.41) is 9.38. The molecule has 0 unspecified atom stereocenters. The van der Waals surface area contributed by atoms with E-state index in [1.165, 1.54) is 42.4 Å². The number of benzene rings is 1. The molecular formula is C20H19F3N6O2. The third-order valence-corrected chi connectivity index (χ3v) is 5.06. The van der Waals surface area contributed by atoms with Crippen molar-refractivity contribution in [3.8, 4) is 5.75 Å². The third-order valence-electron chi connectivity index (χ3n) is 5.06. The summed E-state index contributed by atoms with van der Waals surface area (Å²) in [6.45, 7) is 1.30. The highest BCUT2D eigenvalue weighted by Crippen LogP contribution is 2.47. The largest absolute Gasteiger partial charge is 0.488 e. The standard InChI is InChI=1S/C20H19F3N6O2/c1-19(21,20(22,23)17-27-25-12-28(17)2)13-5-3-6-14(11-13)26-18(30)29-9-10-31-15-7-4-8-24-16(15)29/h3-8,11-12H,9-10H2,1-2H3,(H,26,30)/t19-/m1/s1. The predicted octanol–water partition coefficient (Wildman–Crippen LogP) is 3.62. The van der Waals surface area contributed by atoms with Crippen LogP contribution in [0.5, 0.6) is 5.75 Å². The Labute approximate surface area is 175 Å². The number of carbonyl (C=O) groups is 1. The van der Waals surface area contributed by atoms with Gasteiger partial charge in [-0.2, -0.15) is 8.78 Å². The van der Waals surface area contributed by atoms with Crippen molar-refractivity contribution in [3.63, 3.8) is 0 Å². The van der Waals surface area contributed by atoms with Gasteiger partial charge >= 0.3 is 12.0 Å². The van der Waals surface area contributed by atoms with Crippen LogP contribution in [-0.2, 0) is 18.6 Å². The molecule has 0 fully saturated rings. The molecule has 1 aliphatic rings. The molecule has 2 aromatic heterocycles. The van der Waals surface area contributed by atoms with E-state index in [4.69, 9.17) is 4.74 Å². The first kappa shape index (κ1) is 20.6.